The lowest BCUT2D eigenvalue weighted by atomic mass is 10.0. The smallest absolute Gasteiger partial charge is 0.331 e. The van der Waals surface area contributed by atoms with Gasteiger partial charge in [0.1, 0.15) is 9.90 Å². The van der Waals surface area contributed by atoms with Crippen LogP contribution in [0.2, 0.25) is 10.2 Å². The largest absolute Gasteiger partial charge is 0.422 e. The van der Waals surface area contributed by atoms with E-state index in [0.717, 1.165) is 0 Å². The number of carbonyl (C=O) groups is 3. The average Bonchev–Trinajstić information content (AvgIpc) is 2.56. The summed E-state index contributed by atoms with van der Waals surface area (Å²) in [6, 6.07) is 0. The minimum absolute atomic E-state index is 0.0621. The van der Waals surface area contributed by atoms with Crippen LogP contribution in [0.15, 0.2) is 0 Å². The summed E-state index contributed by atoms with van der Waals surface area (Å²) in [5, 5.41) is -0.157. The Hall–Kier alpha value is -1.18. The molecule has 1 aliphatic heterocycles. The highest BCUT2D eigenvalue weighted by Crippen LogP contribution is 2.33. The number of ether oxygens (including phenoxy) is 2. The standard InChI is InChI=1S/C10H7Cl2NO5S/c1-10(2)17-8(15)3(9(16)18-10)5(14)6-4(11)7(12)13-19-6/h3H,1-2H3. The number of rotatable bonds is 2. The van der Waals surface area contributed by atoms with Gasteiger partial charge in [0.25, 0.3) is 5.79 Å². The van der Waals surface area contributed by atoms with Gasteiger partial charge in [-0.05, 0) is 11.5 Å². The predicted octanol–water partition coefficient (Wildman–Crippen LogP) is 2.08. The molecule has 0 aromatic carbocycles. The summed E-state index contributed by atoms with van der Waals surface area (Å²) in [6.07, 6.45) is 0. The number of esters is 2. The van der Waals surface area contributed by atoms with Crippen LogP contribution in [0.5, 0.6) is 0 Å². The van der Waals surface area contributed by atoms with Gasteiger partial charge in [-0.3, -0.25) is 14.4 Å². The van der Waals surface area contributed by atoms with Gasteiger partial charge in [-0.25, -0.2) is 0 Å². The van der Waals surface area contributed by atoms with Crippen molar-refractivity contribution in [2.24, 2.45) is 5.92 Å². The van der Waals surface area contributed by atoms with Crippen molar-refractivity contribution in [3.8, 4) is 0 Å². The minimum atomic E-state index is -1.69. The maximum atomic E-state index is 12.1. The number of Topliss-reactive ketones (excluding diaryl/α,β-unsaturated/α-hetero) is 1. The topological polar surface area (TPSA) is 82.6 Å². The average molecular weight is 324 g/mol. The van der Waals surface area contributed by atoms with Crippen LogP contribution in [0, 0.1) is 5.92 Å². The Labute approximate surface area is 121 Å². The summed E-state index contributed by atoms with van der Waals surface area (Å²) in [6.45, 7) is 2.78. The molecule has 0 amide bonds. The van der Waals surface area contributed by atoms with Crippen molar-refractivity contribution in [2.75, 3.05) is 0 Å². The molecule has 0 N–H and O–H groups in total. The SMILES string of the molecule is CC1(C)OC(=O)C(C(=O)c2snc(Cl)c2Cl)C(=O)O1. The van der Waals surface area contributed by atoms with Gasteiger partial charge in [0, 0.05) is 13.8 Å². The first-order chi connectivity index (χ1) is 8.73. The van der Waals surface area contributed by atoms with E-state index in [1.54, 1.807) is 0 Å². The first-order valence-corrected chi connectivity index (χ1v) is 6.56. The van der Waals surface area contributed by atoms with Gasteiger partial charge in [0.15, 0.2) is 5.15 Å². The maximum absolute atomic E-state index is 12.1. The predicted molar refractivity (Wildman–Crippen MR) is 66.2 cm³/mol. The summed E-state index contributed by atoms with van der Waals surface area (Å²) in [5.41, 5.74) is 0. The highest BCUT2D eigenvalue weighted by atomic mass is 35.5. The Balaban J connectivity index is 2.32. The van der Waals surface area contributed by atoms with Crippen LogP contribution in [0.3, 0.4) is 0 Å². The van der Waals surface area contributed by atoms with E-state index in [1.165, 1.54) is 13.8 Å². The van der Waals surface area contributed by atoms with E-state index in [4.69, 9.17) is 32.7 Å². The van der Waals surface area contributed by atoms with Crippen LogP contribution < -0.4 is 0 Å². The summed E-state index contributed by atoms with van der Waals surface area (Å²) >= 11 is 12.1. The molecule has 0 unspecified atom stereocenters. The number of cyclic esters (lactones) is 2. The zero-order valence-corrected chi connectivity index (χ0v) is 12.1. The van der Waals surface area contributed by atoms with Gasteiger partial charge < -0.3 is 9.47 Å². The molecule has 1 aliphatic rings. The lowest BCUT2D eigenvalue weighted by Gasteiger charge is -2.32. The van der Waals surface area contributed by atoms with Crippen LogP contribution in [-0.4, -0.2) is 27.9 Å². The fraction of sp³-hybridized carbons (Fsp3) is 0.400. The molecule has 2 rings (SSSR count). The number of halogens is 2. The number of nitrogens with zero attached hydrogens (tertiary/aromatic N) is 1. The lowest BCUT2D eigenvalue weighted by molar-refractivity contribution is -0.236. The van der Waals surface area contributed by atoms with Gasteiger partial charge in [-0.1, -0.05) is 23.2 Å². The molecule has 1 saturated heterocycles. The molecule has 1 aromatic heterocycles. The molecule has 0 atom stereocenters. The van der Waals surface area contributed by atoms with E-state index < -0.39 is 29.4 Å². The minimum Gasteiger partial charge on any atom is -0.422 e. The van der Waals surface area contributed by atoms with Gasteiger partial charge in [-0.15, -0.1) is 0 Å². The Morgan fingerprint density at radius 2 is 1.79 bits per heavy atom. The van der Waals surface area contributed by atoms with Gasteiger partial charge in [-0.2, -0.15) is 4.37 Å². The van der Waals surface area contributed by atoms with E-state index in [9.17, 15) is 14.4 Å². The summed E-state index contributed by atoms with van der Waals surface area (Å²) in [4.78, 5) is 35.4. The van der Waals surface area contributed by atoms with Crippen molar-refractivity contribution < 1.29 is 23.9 Å². The van der Waals surface area contributed by atoms with Crippen molar-refractivity contribution >= 4 is 52.5 Å². The molecule has 0 aliphatic carbocycles. The fourth-order valence-electron chi connectivity index (χ4n) is 1.48. The molecule has 102 valence electrons. The van der Waals surface area contributed by atoms with Crippen LogP contribution in [-0.2, 0) is 19.1 Å². The van der Waals surface area contributed by atoms with Gasteiger partial charge >= 0.3 is 11.9 Å². The number of ketones is 1. The van der Waals surface area contributed by atoms with Crippen molar-refractivity contribution in [1.29, 1.82) is 0 Å². The molecule has 1 aromatic rings. The molecule has 19 heavy (non-hydrogen) atoms. The highest BCUT2D eigenvalue weighted by Gasteiger charge is 2.48. The second-order valence-corrected chi connectivity index (χ2v) is 5.67. The summed E-state index contributed by atoms with van der Waals surface area (Å²) in [7, 11) is 0. The molecule has 0 bridgehead atoms. The monoisotopic (exact) mass is 323 g/mol. The quantitative estimate of drug-likeness (QED) is 0.471. The van der Waals surface area contributed by atoms with Crippen molar-refractivity contribution in [3.63, 3.8) is 0 Å². The molecular weight excluding hydrogens is 317 g/mol. The fourth-order valence-corrected chi connectivity index (χ4v) is 2.67. The van der Waals surface area contributed by atoms with E-state index in [2.05, 4.69) is 4.37 Å². The number of carbonyl (C=O) groups excluding carboxylic acids is 3. The Morgan fingerprint density at radius 3 is 2.21 bits per heavy atom. The summed E-state index contributed by atoms with van der Waals surface area (Å²) in [5.74, 6) is -5.87. The zero-order chi connectivity index (χ0) is 14.4. The third kappa shape index (κ3) is 2.58. The molecule has 1 fully saturated rings. The Kier molecular flexibility index (Phi) is 3.55. The third-order valence-electron chi connectivity index (χ3n) is 2.25. The normalized spacial score (nSPS) is 18.9. The number of hydrogen-bond acceptors (Lipinski definition) is 7. The van der Waals surface area contributed by atoms with E-state index >= 15 is 0 Å². The zero-order valence-electron chi connectivity index (χ0n) is 9.73. The first-order valence-electron chi connectivity index (χ1n) is 5.03. The van der Waals surface area contributed by atoms with Crippen LogP contribution in [0.4, 0.5) is 0 Å². The second-order valence-electron chi connectivity index (χ2n) is 4.16. The van der Waals surface area contributed by atoms with Crippen LogP contribution in [0.25, 0.3) is 0 Å². The Morgan fingerprint density at radius 1 is 1.26 bits per heavy atom. The maximum Gasteiger partial charge on any atom is 0.331 e. The number of aromatic nitrogens is 1. The van der Waals surface area contributed by atoms with Crippen LogP contribution >= 0.6 is 34.7 Å². The molecule has 0 radical (unpaired) electrons. The lowest BCUT2D eigenvalue weighted by Crippen LogP contribution is -2.49. The molecular formula is C10H7Cl2NO5S. The molecule has 9 heteroatoms. The van der Waals surface area contributed by atoms with E-state index in [-0.39, 0.29) is 15.1 Å². The molecule has 6 nitrogen and oxygen atoms in total. The van der Waals surface area contributed by atoms with Crippen molar-refractivity contribution in [2.45, 2.75) is 19.6 Å². The third-order valence-corrected chi connectivity index (χ3v) is 4.06. The van der Waals surface area contributed by atoms with Crippen LogP contribution in [0.1, 0.15) is 23.5 Å². The Bertz CT molecular complexity index is 562. The molecule has 0 spiro atoms. The van der Waals surface area contributed by atoms with Gasteiger partial charge in [0.05, 0.1) is 0 Å². The van der Waals surface area contributed by atoms with E-state index in [1.807, 2.05) is 0 Å². The molecule has 0 saturated carbocycles. The second kappa shape index (κ2) is 4.73. The van der Waals surface area contributed by atoms with Crippen molar-refractivity contribution in [3.05, 3.63) is 15.1 Å². The first kappa shape index (κ1) is 14.2. The summed E-state index contributed by atoms with van der Waals surface area (Å²) < 4.78 is 13.4. The highest BCUT2D eigenvalue weighted by molar-refractivity contribution is 7.09. The molecule has 2 heterocycles. The van der Waals surface area contributed by atoms with Gasteiger partial charge in [0.2, 0.25) is 11.7 Å². The van der Waals surface area contributed by atoms with Crippen molar-refractivity contribution in [1.82, 2.24) is 4.37 Å². The van der Waals surface area contributed by atoms with E-state index in [0.29, 0.717) is 11.5 Å². The number of hydrogen-bond donors (Lipinski definition) is 0.